The maximum Gasteiger partial charge on any atom is 0.271 e. The van der Waals surface area contributed by atoms with Gasteiger partial charge in [-0.05, 0) is 12.8 Å². The molecule has 0 atom stereocenters. The molecule has 0 aliphatic heterocycles. The molecular formula is C8H9N3O2S. The summed E-state index contributed by atoms with van der Waals surface area (Å²) >= 11 is 3.96. The van der Waals surface area contributed by atoms with Crippen molar-refractivity contribution in [1.29, 1.82) is 0 Å². The highest BCUT2D eigenvalue weighted by Gasteiger charge is 2.08. The van der Waals surface area contributed by atoms with Crippen molar-refractivity contribution in [1.82, 2.24) is 0 Å². The predicted molar refractivity (Wildman–Crippen MR) is 59.8 cm³/mol. The predicted octanol–water partition coefficient (Wildman–Crippen LogP) is 2.23. The third kappa shape index (κ3) is 2.23. The van der Waals surface area contributed by atoms with E-state index in [1.54, 1.807) is 0 Å². The van der Waals surface area contributed by atoms with Crippen LogP contribution in [0.5, 0.6) is 0 Å². The van der Waals surface area contributed by atoms with Crippen LogP contribution < -0.4 is 5.32 Å². The molecule has 0 saturated heterocycles. The summed E-state index contributed by atoms with van der Waals surface area (Å²) in [7, 11) is 0. The molecule has 0 bridgehead atoms. The Morgan fingerprint density at radius 1 is 1.64 bits per heavy atom. The first-order chi connectivity index (χ1) is 6.69. The summed E-state index contributed by atoms with van der Waals surface area (Å²) in [4.78, 5) is 13.7. The molecule has 1 N–H and O–H groups in total. The lowest BCUT2D eigenvalue weighted by atomic mass is 10.2. The molecule has 14 heavy (non-hydrogen) atoms. The topological polar surface area (TPSA) is 67.5 Å². The van der Waals surface area contributed by atoms with Gasteiger partial charge in [-0.3, -0.25) is 15.1 Å². The van der Waals surface area contributed by atoms with Crippen LogP contribution in [0.3, 0.4) is 0 Å². The second-order valence-corrected chi connectivity index (χ2v) is 2.77. The number of nitrogens with zero attached hydrogens (tertiary/aromatic N) is 2. The minimum atomic E-state index is -0.462. The van der Waals surface area contributed by atoms with Gasteiger partial charge in [-0.25, -0.2) is 0 Å². The van der Waals surface area contributed by atoms with Gasteiger partial charge in [0, 0.05) is 12.1 Å². The number of anilines is 1. The SMILES string of the molecule is C=Nc1ccc([N+](=O)[O-])cc1NCS. The lowest BCUT2D eigenvalue weighted by Gasteiger charge is -2.05. The Morgan fingerprint density at radius 3 is 2.86 bits per heavy atom. The second-order valence-electron chi connectivity index (χ2n) is 2.45. The molecule has 0 aromatic heterocycles. The molecule has 0 radical (unpaired) electrons. The minimum absolute atomic E-state index is 0.0154. The Bertz CT molecular complexity index is 368. The highest BCUT2D eigenvalue weighted by molar-refractivity contribution is 7.80. The highest BCUT2D eigenvalue weighted by atomic mass is 32.1. The third-order valence-electron chi connectivity index (χ3n) is 1.63. The standard InChI is InChI=1S/C8H9N3O2S/c1-9-7-3-2-6(11(12)13)4-8(7)10-5-14/h2-4,10,14H,1,5H2. The van der Waals surface area contributed by atoms with Gasteiger partial charge in [0.15, 0.2) is 0 Å². The zero-order chi connectivity index (χ0) is 10.6. The lowest BCUT2D eigenvalue weighted by molar-refractivity contribution is -0.384. The Kier molecular flexibility index (Phi) is 3.47. The van der Waals surface area contributed by atoms with Crippen LogP contribution in [0.1, 0.15) is 0 Å². The van der Waals surface area contributed by atoms with Crippen LogP contribution in [-0.2, 0) is 0 Å². The molecule has 0 unspecified atom stereocenters. The van der Waals surface area contributed by atoms with Crippen molar-refractivity contribution < 1.29 is 4.92 Å². The van der Waals surface area contributed by atoms with E-state index in [1.165, 1.54) is 18.2 Å². The van der Waals surface area contributed by atoms with Crippen molar-refractivity contribution in [2.45, 2.75) is 0 Å². The monoisotopic (exact) mass is 211 g/mol. The van der Waals surface area contributed by atoms with Crippen molar-refractivity contribution in [2.75, 3.05) is 11.2 Å². The highest BCUT2D eigenvalue weighted by Crippen LogP contribution is 2.28. The average molecular weight is 211 g/mol. The number of non-ortho nitro benzene ring substituents is 1. The first-order valence-electron chi connectivity index (χ1n) is 3.79. The second kappa shape index (κ2) is 4.61. The quantitative estimate of drug-likeness (QED) is 0.264. The molecule has 5 nitrogen and oxygen atoms in total. The maximum absolute atomic E-state index is 10.5. The normalized spacial score (nSPS) is 9.50. The first kappa shape index (κ1) is 10.5. The molecule has 0 heterocycles. The molecule has 1 rings (SSSR count). The number of rotatable bonds is 4. The van der Waals surface area contributed by atoms with Crippen molar-refractivity contribution in [3.63, 3.8) is 0 Å². The van der Waals surface area contributed by atoms with Crippen molar-refractivity contribution in [2.24, 2.45) is 4.99 Å². The number of benzene rings is 1. The number of nitro benzene ring substituents is 1. The first-order valence-corrected chi connectivity index (χ1v) is 4.42. The van der Waals surface area contributed by atoms with E-state index in [1.807, 2.05) is 0 Å². The summed E-state index contributed by atoms with van der Waals surface area (Å²) in [5.41, 5.74) is 1.15. The van der Waals surface area contributed by atoms with Crippen LogP contribution in [0.25, 0.3) is 0 Å². The van der Waals surface area contributed by atoms with E-state index in [2.05, 4.69) is 29.7 Å². The molecule has 6 heteroatoms. The molecule has 0 aliphatic rings. The van der Waals surface area contributed by atoms with Gasteiger partial charge < -0.3 is 5.32 Å². The van der Waals surface area contributed by atoms with Gasteiger partial charge in [0.2, 0.25) is 0 Å². The van der Waals surface area contributed by atoms with E-state index >= 15 is 0 Å². The van der Waals surface area contributed by atoms with Crippen LogP contribution in [0.15, 0.2) is 23.2 Å². The van der Waals surface area contributed by atoms with Gasteiger partial charge in [-0.2, -0.15) is 12.6 Å². The van der Waals surface area contributed by atoms with E-state index in [-0.39, 0.29) is 5.69 Å². The van der Waals surface area contributed by atoms with Crippen LogP contribution in [-0.4, -0.2) is 17.5 Å². The largest absolute Gasteiger partial charge is 0.374 e. The van der Waals surface area contributed by atoms with Gasteiger partial charge in [0.05, 0.1) is 22.2 Å². The smallest absolute Gasteiger partial charge is 0.271 e. The zero-order valence-electron chi connectivity index (χ0n) is 7.30. The van der Waals surface area contributed by atoms with Crippen LogP contribution in [0.4, 0.5) is 17.1 Å². The van der Waals surface area contributed by atoms with Gasteiger partial charge in [-0.15, -0.1) is 0 Å². The Hall–Kier alpha value is -1.56. The van der Waals surface area contributed by atoms with Crippen molar-refractivity contribution >= 4 is 36.4 Å². The van der Waals surface area contributed by atoms with Gasteiger partial charge >= 0.3 is 0 Å². The van der Waals surface area contributed by atoms with Gasteiger partial charge in [0.25, 0.3) is 5.69 Å². The molecule has 0 amide bonds. The van der Waals surface area contributed by atoms with E-state index in [9.17, 15) is 10.1 Å². The van der Waals surface area contributed by atoms with Crippen molar-refractivity contribution in [3.05, 3.63) is 28.3 Å². The summed E-state index contributed by atoms with van der Waals surface area (Å²) < 4.78 is 0. The van der Waals surface area contributed by atoms with Crippen molar-refractivity contribution in [3.8, 4) is 0 Å². The molecule has 1 aromatic carbocycles. The molecule has 1 aromatic rings. The van der Waals surface area contributed by atoms with Crippen LogP contribution in [0, 0.1) is 10.1 Å². The summed E-state index contributed by atoms with van der Waals surface area (Å²) in [5, 5.41) is 13.3. The van der Waals surface area contributed by atoms with Gasteiger partial charge in [-0.1, -0.05) is 0 Å². The fourth-order valence-electron chi connectivity index (χ4n) is 1.00. The maximum atomic E-state index is 10.5. The summed E-state index contributed by atoms with van der Waals surface area (Å²) in [6.07, 6.45) is 0. The number of hydrogen-bond donors (Lipinski definition) is 2. The Balaban J connectivity index is 3.13. The summed E-state index contributed by atoms with van der Waals surface area (Å²) in [5.74, 6) is 0.379. The summed E-state index contributed by atoms with van der Waals surface area (Å²) in [6, 6.07) is 4.32. The third-order valence-corrected chi connectivity index (χ3v) is 1.79. The number of hydrogen-bond acceptors (Lipinski definition) is 5. The molecule has 0 saturated carbocycles. The van der Waals surface area contributed by atoms with Crippen LogP contribution >= 0.6 is 12.6 Å². The molecule has 0 aliphatic carbocycles. The van der Waals surface area contributed by atoms with Crippen LogP contribution in [0.2, 0.25) is 0 Å². The lowest BCUT2D eigenvalue weighted by Crippen LogP contribution is -1.96. The van der Waals surface area contributed by atoms with Gasteiger partial charge in [0.1, 0.15) is 0 Å². The van der Waals surface area contributed by atoms with E-state index in [0.717, 1.165) is 0 Å². The zero-order valence-corrected chi connectivity index (χ0v) is 8.20. The minimum Gasteiger partial charge on any atom is -0.374 e. The molecule has 0 spiro atoms. The number of nitro groups is 1. The molecule has 74 valence electrons. The van der Waals surface area contributed by atoms with E-state index in [0.29, 0.717) is 17.3 Å². The van der Waals surface area contributed by atoms with E-state index < -0.39 is 4.92 Å². The Morgan fingerprint density at radius 2 is 2.36 bits per heavy atom. The summed E-state index contributed by atoms with van der Waals surface area (Å²) in [6.45, 7) is 3.36. The number of thiol groups is 1. The number of nitrogens with one attached hydrogen (secondary N) is 1. The molecule has 0 fully saturated rings. The number of aliphatic imine (C=N–C) groups is 1. The average Bonchev–Trinajstić information content (AvgIpc) is 2.18. The van der Waals surface area contributed by atoms with E-state index in [4.69, 9.17) is 0 Å². The fraction of sp³-hybridized carbons (Fsp3) is 0.125. The Labute approximate surface area is 86.4 Å². The fourth-order valence-corrected chi connectivity index (χ4v) is 1.17. The molecular weight excluding hydrogens is 202 g/mol.